The summed E-state index contributed by atoms with van der Waals surface area (Å²) in [5, 5.41) is 13.1. The van der Waals surface area contributed by atoms with Crippen LogP contribution in [0.1, 0.15) is 25.3 Å². The van der Waals surface area contributed by atoms with Gasteiger partial charge in [-0.05, 0) is 44.7 Å². The lowest BCUT2D eigenvalue weighted by molar-refractivity contribution is -0.150. The van der Waals surface area contributed by atoms with Gasteiger partial charge in [0.1, 0.15) is 5.75 Å². The van der Waals surface area contributed by atoms with Crippen molar-refractivity contribution in [3.05, 3.63) is 29.1 Å². The highest BCUT2D eigenvalue weighted by atomic mass is 32.1. The van der Waals surface area contributed by atoms with Crippen molar-refractivity contribution >= 4 is 22.4 Å². The quantitative estimate of drug-likeness (QED) is 0.846. The molecule has 2 atom stereocenters. The molecule has 0 spiro atoms. The summed E-state index contributed by atoms with van der Waals surface area (Å²) in [5.74, 6) is 0.605. The van der Waals surface area contributed by atoms with E-state index in [1.165, 1.54) is 0 Å². The molecular formula is C19H22N2O3S. The van der Waals surface area contributed by atoms with Crippen LogP contribution in [0.4, 0.5) is 5.13 Å². The number of aromatic hydroxyl groups is 1. The topological polar surface area (TPSA) is 62.7 Å². The molecule has 132 valence electrons. The van der Waals surface area contributed by atoms with Crippen LogP contribution >= 0.6 is 11.3 Å². The van der Waals surface area contributed by atoms with Crippen molar-refractivity contribution in [1.82, 2.24) is 4.98 Å². The monoisotopic (exact) mass is 358 g/mol. The van der Waals surface area contributed by atoms with Crippen molar-refractivity contribution < 1.29 is 14.6 Å². The number of ether oxygens (including phenoxy) is 1. The Labute approximate surface area is 151 Å². The Balaban J connectivity index is 1.49. The standard InChI is InChI=1S/C19H22N2O3S/c1-3-24-17(23)19-6-7-21(10-13(19)9-19)18-20-15(11-25-18)14-8-12(2)4-5-16(14)22/h4-5,8,11,13,22H,3,6-7,9-10H2,1-2H3/t13-,19+/m1/s1. The molecule has 2 aromatic rings. The number of aromatic nitrogens is 1. The first-order valence-corrected chi connectivity index (χ1v) is 9.59. The Kier molecular flexibility index (Phi) is 3.95. The molecule has 1 saturated carbocycles. The van der Waals surface area contributed by atoms with Crippen LogP contribution in [-0.4, -0.2) is 35.8 Å². The molecule has 2 fully saturated rings. The number of anilines is 1. The van der Waals surface area contributed by atoms with E-state index in [1.54, 1.807) is 17.4 Å². The number of fused-ring (bicyclic) bond motifs is 1. The van der Waals surface area contributed by atoms with E-state index in [4.69, 9.17) is 9.72 Å². The second kappa shape index (κ2) is 6.02. The number of hydrogen-bond donors (Lipinski definition) is 1. The zero-order chi connectivity index (χ0) is 17.6. The van der Waals surface area contributed by atoms with Crippen LogP contribution in [0.2, 0.25) is 0 Å². The van der Waals surface area contributed by atoms with E-state index in [0.29, 0.717) is 12.5 Å². The molecule has 0 unspecified atom stereocenters. The fraction of sp³-hybridized carbons (Fsp3) is 0.474. The Hall–Kier alpha value is -2.08. The first-order valence-electron chi connectivity index (χ1n) is 8.71. The molecule has 5 nitrogen and oxygen atoms in total. The number of phenolic OH excluding ortho intramolecular Hbond substituents is 1. The smallest absolute Gasteiger partial charge is 0.312 e. The number of phenols is 1. The molecule has 25 heavy (non-hydrogen) atoms. The van der Waals surface area contributed by atoms with Crippen LogP contribution in [0.5, 0.6) is 5.75 Å². The number of hydrogen-bond acceptors (Lipinski definition) is 6. The van der Waals surface area contributed by atoms with Gasteiger partial charge in [0.25, 0.3) is 0 Å². The number of aryl methyl sites for hydroxylation is 1. The number of carbonyl (C=O) groups excluding carboxylic acids is 1. The number of piperidine rings is 1. The highest BCUT2D eigenvalue weighted by molar-refractivity contribution is 7.14. The van der Waals surface area contributed by atoms with Crippen LogP contribution in [0.3, 0.4) is 0 Å². The highest BCUT2D eigenvalue weighted by Gasteiger charge is 2.63. The second-order valence-electron chi connectivity index (χ2n) is 7.01. The van der Waals surface area contributed by atoms with E-state index in [1.807, 2.05) is 31.4 Å². The number of esters is 1. The summed E-state index contributed by atoms with van der Waals surface area (Å²) >= 11 is 1.59. The van der Waals surface area contributed by atoms with E-state index >= 15 is 0 Å². The average molecular weight is 358 g/mol. The highest BCUT2D eigenvalue weighted by Crippen LogP contribution is 2.59. The molecular weight excluding hydrogens is 336 g/mol. The fourth-order valence-electron chi connectivity index (χ4n) is 3.81. The zero-order valence-electron chi connectivity index (χ0n) is 14.5. The van der Waals surface area contributed by atoms with Gasteiger partial charge in [-0.25, -0.2) is 4.98 Å². The van der Waals surface area contributed by atoms with E-state index < -0.39 is 0 Å². The summed E-state index contributed by atoms with van der Waals surface area (Å²) in [6.45, 7) is 5.99. The summed E-state index contributed by atoms with van der Waals surface area (Å²) in [6, 6.07) is 5.55. The first-order chi connectivity index (χ1) is 12.0. The van der Waals surface area contributed by atoms with Crippen LogP contribution in [0.25, 0.3) is 11.3 Å². The molecule has 1 aliphatic carbocycles. The lowest BCUT2D eigenvalue weighted by Gasteiger charge is -2.30. The second-order valence-corrected chi connectivity index (χ2v) is 7.85. The van der Waals surface area contributed by atoms with E-state index in [-0.39, 0.29) is 17.1 Å². The number of thiazole rings is 1. The number of carbonyl (C=O) groups is 1. The van der Waals surface area contributed by atoms with Gasteiger partial charge < -0.3 is 14.7 Å². The summed E-state index contributed by atoms with van der Waals surface area (Å²) in [5.41, 5.74) is 2.44. The van der Waals surface area contributed by atoms with Gasteiger partial charge in [0.15, 0.2) is 5.13 Å². The van der Waals surface area contributed by atoms with Crippen molar-refractivity contribution in [2.75, 3.05) is 24.6 Å². The number of rotatable bonds is 4. The molecule has 0 radical (unpaired) electrons. The molecule has 1 aromatic carbocycles. The summed E-state index contributed by atoms with van der Waals surface area (Å²) in [4.78, 5) is 19.2. The Morgan fingerprint density at radius 2 is 2.36 bits per heavy atom. The Bertz CT molecular complexity index is 819. The largest absolute Gasteiger partial charge is 0.507 e. The van der Waals surface area contributed by atoms with Crippen LogP contribution in [-0.2, 0) is 9.53 Å². The lowest BCUT2D eigenvalue weighted by atomic mass is 9.95. The third kappa shape index (κ3) is 2.78. The molecule has 1 N–H and O–H groups in total. The molecule has 0 bridgehead atoms. The molecule has 0 amide bonds. The number of nitrogens with zero attached hydrogens (tertiary/aromatic N) is 2. The maximum Gasteiger partial charge on any atom is 0.312 e. The zero-order valence-corrected chi connectivity index (χ0v) is 15.3. The minimum atomic E-state index is -0.235. The van der Waals surface area contributed by atoms with Crippen molar-refractivity contribution in [1.29, 1.82) is 0 Å². The van der Waals surface area contributed by atoms with Gasteiger partial charge in [-0.3, -0.25) is 4.79 Å². The van der Waals surface area contributed by atoms with E-state index in [9.17, 15) is 9.90 Å². The maximum absolute atomic E-state index is 12.2. The van der Waals surface area contributed by atoms with Gasteiger partial charge in [-0.15, -0.1) is 11.3 Å². The van der Waals surface area contributed by atoms with Gasteiger partial charge >= 0.3 is 5.97 Å². The summed E-state index contributed by atoms with van der Waals surface area (Å²) in [7, 11) is 0. The van der Waals surface area contributed by atoms with E-state index in [2.05, 4.69) is 4.90 Å². The van der Waals surface area contributed by atoms with Gasteiger partial charge in [0, 0.05) is 24.0 Å². The van der Waals surface area contributed by atoms with E-state index in [0.717, 1.165) is 47.9 Å². The Morgan fingerprint density at radius 1 is 1.52 bits per heavy atom. The third-order valence-corrected chi connectivity index (χ3v) is 6.27. The first kappa shape index (κ1) is 16.4. The fourth-order valence-corrected chi connectivity index (χ4v) is 4.67. The van der Waals surface area contributed by atoms with Gasteiger partial charge in [-0.1, -0.05) is 11.6 Å². The van der Waals surface area contributed by atoms with Gasteiger partial charge in [0.2, 0.25) is 0 Å². The molecule has 1 aliphatic heterocycles. The molecule has 2 heterocycles. The molecule has 1 aromatic heterocycles. The predicted octanol–water partition coefficient (Wildman–Crippen LogP) is 3.60. The van der Waals surface area contributed by atoms with Gasteiger partial charge in [-0.2, -0.15) is 0 Å². The van der Waals surface area contributed by atoms with Crippen LogP contribution in [0.15, 0.2) is 23.6 Å². The summed E-state index contributed by atoms with van der Waals surface area (Å²) < 4.78 is 5.26. The van der Waals surface area contributed by atoms with Crippen molar-refractivity contribution in [3.8, 4) is 17.0 Å². The van der Waals surface area contributed by atoms with Crippen LogP contribution < -0.4 is 4.90 Å². The van der Waals surface area contributed by atoms with Crippen molar-refractivity contribution in [3.63, 3.8) is 0 Å². The van der Waals surface area contributed by atoms with Crippen molar-refractivity contribution in [2.45, 2.75) is 26.7 Å². The Morgan fingerprint density at radius 3 is 3.12 bits per heavy atom. The minimum absolute atomic E-state index is 0.0239. The third-order valence-electron chi connectivity index (χ3n) is 5.37. The molecule has 2 aliphatic rings. The minimum Gasteiger partial charge on any atom is -0.507 e. The molecule has 1 saturated heterocycles. The molecule has 4 rings (SSSR count). The van der Waals surface area contributed by atoms with Crippen molar-refractivity contribution in [2.24, 2.45) is 11.3 Å². The lowest BCUT2D eigenvalue weighted by Crippen LogP contribution is -2.38. The van der Waals surface area contributed by atoms with Gasteiger partial charge in [0.05, 0.1) is 17.7 Å². The SMILES string of the molecule is CCOC(=O)[C@]12CCN(c3nc(-c4cc(C)ccc4O)cs3)C[C@H]1C2. The number of benzene rings is 1. The summed E-state index contributed by atoms with van der Waals surface area (Å²) in [6.07, 6.45) is 1.76. The predicted molar refractivity (Wildman–Crippen MR) is 98.0 cm³/mol. The molecule has 6 heteroatoms. The maximum atomic E-state index is 12.2. The average Bonchev–Trinajstić information content (AvgIpc) is 3.15. The van der Waals surface area contributed by atoms with Crippen LogP contribution in [0, 0.1) is 18.3 Å². The normalized spacial score (nSPS) is 24.7.